The molecule has 0 saturated carbocycles. The largest absolute Gasteiger partial charge is 1.00 e. The van der Waals surface area contributed by atoms with Crippen LogP contribution in [-0.2, 0) is 48.9 Å². The zero-order valence-electron chi connectivity index (χ0n) is 19.4. The molecule has 0 aromatic heterocycles. The third kappa shape index (κ3) is 21.0. The van der Waals surface area contributed by atoms with E-state index in [1.807, 2.05) is 13.8 Å². The molecule has 188 valence electrons. The van der Waals surface area contributed by atoms with Gasteiger partial charge >= 0.3 is 71.1 Å². The molecule has 0 aromatic carbocycles. The van der Waals surface area contributed by atoms with E-state index in [1.165, 1.54) is 0 Å². The summed E-state index contributed by atoms with van der Waals surface area (Å²) in [5, 5.41) is 16.2. The Hall–Kier alpha value is -0.300. The Bertz CT molecular complexity index is 772. The van der Waals surface area contributed by atoms with E-state index in [2.05, 4.69) is 9.47 Å². The molecule has 0 spiro atoms. The Kier molecular flexibility index (Phi) is 25.1. The maximum Gasteiger partial charge on any atom is 1.00 e. The first-order valence-electron chi connectivity index (χ1n) is 9.23. The molecule has 0 radical (unpaired) electrons. The van der Waals surface area contributed by atoms with E-state index >= 15 is 0 Å². The molecule has 0 heterocycles. The van der Waals surface area contributed by atoms with Crippen molar-refractivity contribution >= 4 is 44.1 Å². The summed E-state index contributed by atoms with van der Waals surface area (Å²) in [7, 11) is -9.58. The molecule has 18 heteroatoms. The van der Waals surface area contributed by atoms with Crippen molar-refractivity contribution in [1.82, 2.24) is 0 Å². The third-order valence-corrected chi connectivity index (χ3v) is 5.59. The van der Waals surface area contributed by atoms with Crippen molar-refractivity contribution in [2.45, 2.75) is 62.9 Å². The van der Waals surface area contributed by atoms with Crippen molar-refractivity contribution < 1.29 is 124 Å². The number of hydrogen-bond acceptors (Lipinski definition) is 12. The molecular formula is C16H26Na2O14S2. The van der Waals surface area contributed by atoms with Gasteiger partial charge in [0, 0.05) is 24.8 Å². The molecule has 0 aromatic rings. The number of carboxylic acid groups (broad SMARTS) is 2. The van der Waals surface area contributed by atoms with Crippen LogP contribution < -0.4 is 69.3 Å². The van der Waals surface area contributed by atoms with Crippen molar-refractivity contribution in [1.29, 1.82) is 0 Å². The van der Waals surface area contributed by atoms with Crippen molar-refractivity contribution in [2.75, 3.05) is 13.2 Å². The average molecular weight is 552 g/mol. The number of aliphatic carboxylic acids is 2. The predicted octanol–water partition coefficient (Wildman–Crippen LogP) is -8.54. The molecule has 0 aliphatic heterocycles. The SMILES string of the molecule is CCCCOC(=O)C(CC(=O)[O-])S(=O)(=O)O.CCCCOC(=O)C(CC(=O)[O-])S(=O)(=O)O.[Na+].[Na+]. The van der Waals surface area contributed by atoms with Gasteiger partial charge in [0.1, 0.15) is 0 Å². The number of ether oxygens (including phenoxy) is 2. The molecule has 2 unspecified atom stereocenters. The van der Waals surface area contributed by atoms with Crippen molar-refractivity contribution in [3.63, 3.8) is 0 Å². The Labute approximate surface area is 242 Å². The Morgan fingerprint density at radius 2 is 0.971 bits per heavy atom. The number of hydrogen-bond donors (Lipinski definition) is 2. The van der Waals surface area contributed by atoms with Crippen LogP contribution in [0.3, 0.4) is 0 Å². The van der Waals surface area contributed by atoms with Gasteiger partial charge in [0.2, 0.25) is 0 Å². The fraction of sp³-hybridized carbons (Fsp3) is 0.750. The predicted molar refractivity (Wildman–Crippen MR) is 102 cm³/mol. The number of unbranched alkanes of at least 4 members (excludes halogenated alkanes) is 2. The van der Waals surface area contributed by atoms with Gasteiger partial charge in [0.15, 0.2) is 10.5 Å². The first-order valence-corrected chi connectivity index (χ1v) is 12.2. The van der Waals surface area contributed by atoms with E-state index in [0.29, 0.717) is 12.8 Å². The summed E-state index contributed by atoms with van der Waals surface area (Å²) in [6, 6.07) is 0. The molecule has 0 aliphatic rings. The second kappa shape index (κ2) is 20.8. The Morgan fingerprint density at radius 3 is 1.15 bits per heavy atom. The maximum absolute atomic E-state index is 11.1. The number of carbonyl (C=O) groups is 4. The topological polar surface area (TPSA) is 242 Å². The Morgan fingerprint density at radius 1 is 0.706 bits per heavy atom. The minimum Gasteiger partial charge on any atom is -0.550 e. The number of rotatable bonds is 14. The van der Waals surface area contributed by atoms with Gasteiger partial charge in [-0.1, -0.05) is 26.7 Å². The van der Waals surface area contributed by atoms with Gasteiger partial charge in [-0.05, 0) is 12.8 Å². The fourth-order valence-electron chi connectivity index (χ4n) is 1.74. The van der Waals surface area contributed by atoms with Gasteiger partial charge in [-0.25, -0.2) is 0 Å². The first-order chi connectivity index (χ1) is 14.6. The molecule has 0 saturated heterocycles. The van der Waals surface area contributed by atoms with Gasteiger partial charge in [0.25, 0.3) is 20.2 Å². The molecule has 0 bridgehead atoms. The van der Waals surface area contributed by atoms with Crippen LogP contribution >= 0.6 is 0 Å². The second-order valence-corrected chi connectivity index (χ2v) is 9.40. The van der Waals surface area contributed by atoms with Crippen LogP contribution in [0, 0.1) is 0 Å². The minimum absolute atomic E-state index is 0. The van der Waals surface area contributed by atoms with Gasteiger partial charge in [-0.2, -0.15) is 16.8 Å². The maximum atomic E-state index is 11.1. The van der Waals surface area contributed by atoms with Crippen molar-refractivity contribution in [2.24, 2.45) is 0 Å². The standard InChI is InChI=1S/2C8H14O7S.2Na/c2*1-2-3-4-15-8(11)6(5-7(9)10)16(12,13)14;;/h2*6H,2-5H2,1H3,(H,9,10)(H,12,13,14);;/q;;2*+1/p-2. The average Bonchev–Trinajstić information content (AvgIpc) is 2.63. The van der Waals surface area contributed by atoms with Crippen LogP contribution in [0.15, 0.2) is 0 Å². The quantitative estimate of drug-likeness (QED) is 0.0880. The summed E-state index contributed by atoms with van der Waals surface area (Å²) < 4.78 is 69.1. The normalized spacial score (nSPS) is 12.4. The van der Waals surface area contributed by atoms with Crippen molar-refractivity contribution in [3.05, 3.63) is 0 Å². The number of carbonyl (C=O) groups excluding carboxylic acids is 4. The van der Waals surface area contributed by atoms with E-state index in [0.717, 1.165) is 12.8 Å². The van der Waals surface area contributed by atoms with Crippen LogP contribution in [-0.4, -0.2) is 73.5 Å². The minimum atomic E-state index is -4.79. The van der Waals surface area contributed by atoms with Crippen LogP contribution in [0.2, 0.25) is 0 Å². The summed E-state index contributed by atoms with van der Waals surface area (Å²) in [5.74, 6) is -6.06. The molecule has 0 fully saturated rings. The van der Waals surface area contributed by atoms with E-state index in [1.54, 1.807) is 0 Å². The third-order valence-electron chi connectivity index (χ3n) is 3.43. The molecule has 0 aliphatic carbocycles. The van der Waals surface area contributed by atoms with Gasteiger partial charge in [-0.15, -0.1) is 0 Å². The molecule has 2 atom stereocenters. The monoisotopic (exact) mass is 552 g/mol. The summed E-state index contributed by atoms with van der Waals surface area (Å²) in [5.41, 5.74) is 0. The van der Waals surface area contributed by atoms with Crippen molar-refractivity contribution in [3.8, 4) is 0 Å². The van der Waals surface area contributed by atoms with E-state index in [-0.39, 0.29) is 72.3 Å². The van der Waals surface area contributed by atoms with Gasteiger partial charge < -0.3 is 29.3 Å². The molecular weight excluding hydrogens is 526 g/mol. The van der Waals surface area contributed by atoms with Crippen LogP contribution in [0.4, 0.5) is 0 Å². The number of carboxylic acids is 2. The zero-order valence-corrected chi connectivity index (χ0v) is 25.1. The van der Waals surface area contributed by atoms with Gasteiger partial charge in [-0.3, -0.25) is 18.7 Å². The van der Waals surface area contributed by atoms with E-state index < -0.39 is 67.5 Å². The molecule has 0 amide bonds. The summed E-state index contributed by atoms with van der Waals surface area (Å²) in [4.78, 5) is 42.7. The number of esters is 2. The second-order valence-electron chi connectivity index (χ2n) is 6.20. The van der Waals surface area contributed by atoms with Crippen LogP contribution in [0.5, 0.6) is 0 Å². The van der Waals surface area contributed by atoms with Gasteiger partial charge in [0.05, 0.1) is 13.2 Å². The zero-order chi connectivity index (χ0) is 25.5. The molecule has 2 N–H and O–H groups in total. The summed E-state index contributed by atoms with van der Waals surface area (Å²) in [6.45, 7) is 3.62. The van der Waals surface area contributed by atoms with E-state index in [4.69, 9.17) is 9.11 Å². The van der Waals surface area contributed by atoms with Crippen LogP contribution in [0.25, 0.3) is 0 Å². The van der Waals surface area contributed by atoms with Crippen LogP contribution in [0.1, 0.15) is 52.4 Å². The van der Waals surface area contributed by atoms with E-state index in [9.17, 15) is 46.2 Å². The summed E-state index contributed by atoms with van der Waals surface area (Å²) in [6.07, 6.45) is 0.257. The first kappa shape index (κ1) is 40.9. The summed E-state index contributed by atoms with van der Waals surface area (Å²) >= 11 is 0. The Balaban J connectivity index is -0.000000250. The fourth-order valence-corrected chi connectivity index (χ4v) is 3.06. The molecule has 34 heavy (non-hydrogen) atoms. The molecule has 14 nitrogen and oxygen atoms in total. The smallest absolute Gasteiger partial charge is 0.550 e. The molecule has 0 rings (SSSR count).